The number of rotatable bonds is 6. The van der Waals surface area contributed by atoms with Crippen molar-refractivity contribution in [3.63, 3.8) is 0 Å². The largest absolute Gasteiger partial charge is 0.457 e. The predicted octanol–water partition coefficient (Wildman–Crippen LogP) is 5.07. The molecule has 0 aliphatic rings. The molecule has 2 aromatic rings. The van der Waals surface area contributed by atoms with E-state index in [4.69, 9.17) is 4.74 Å². The topological polar surface area (TPSA) is 21.3 Å². The van der Waals surface area contributed by atoms with Crippen molar-refractivity contribution < 1.29 is 4.74 Å². The zero-order valence-corrected chi connectivity index (χ0v) is 14.1. The summed E-state index contributed by atoms with van der Waals surface area (Å²) in [6, 6.07) is 14.2. The van der Waals surface area contributed by atoms with Gasteiger partial charge in [-0.25, -0.2) is 0 Å². The van der Waals surface area contributed by atoms with E-state index in [0.29, 0.717) is 0 Å². The van der Waals surface area contributed by atoms with Crippen molar-refractivity contribution in [3.8, 4) is 11.5 Å². The van der Waals surface area contributed by atoms with E-state index in [-0.39, 0.29) is 0 Å². The van der Waals surface area contributed by atoms with Crippen LogP contribution in [0.4, 0.5) is 0 Å². The molecule has 2 aromatic carbocycles. The maximum atomic E-state index is 5.99. The van der Waals surface area contributed by atoms with E-state index in [1.54, 1.807) is 11.8 Å². The van der Waals surface area contributed by atoms with E-state index in [0.717, 1.165) is 34.6 Å². The Balaban J connectivity index is 2.18. The van der Waals surface area contributed by atoms with Crippen LogP contribution in [0.3, 0.4) is 0 Å². The van der Waals surface area contributed by atoms with Crippen molar-refractivity contribution in [2.75, 3.05) is 12.8 Å². The van der Waals surface area contributed by atoms with Crippen LogP contribution in [0.2, 0.25) is 0 Å². The zero-order valence-electron chi connectivity index (χ0n) is 11.7. The average molecular weight is 352 g/mol. The number of hydrogen-bond donors (Lipinski definition) is 1. The lowest BCUT2D eigenvalue weighted by Gasteiger charge is -2.12. The molecule has 0 atom stereocenters. The van der Waals surface area contributed by atoms with Crippen LogP contribution in [0.15, 0.2) is 51.8 Å². The first-order valence-electron chi connectivity index (χ1n) is 6.54. The first kappa shape index (κ1) is 15.4. The van der Waals surface area contributed by atoms with E-state index in [1.807, 2.05) is 24.3 Å². The first-order valence-corrected chi connectivity index (χ1v) is 8.55. The van der Waals surface area contributed by atoms with E-state index >= 15 is 0 Å². The molecule has 4 heteroatoms. The summed E-state index contributed by atoms with van der Waals surface area (Å²) in [7, 11) is 0. The minimum absolute atomic E-state index is 0.800. The minimum Gasteiger partial charge on any atom is -0.457 e. The number of thioether (sulfide) groups is 1. The van der Waals surface area contributed by atoms with Crippen molar-refractivity contribution in [2.45, 2.75) is 18.4 Å². The summed E-state index contributed by atoms with van der Waals surface area (Å²) in [5.74, 6) is 1.76. The summed E-state index contributed by atoms with van der Waals surface area (Å²) in [5.41, 5.74) is 1.15. The average Bonchev–Trinajstić information content (AvgIpc) is 2.48. The molecule has 0 unspecified atom stereocenters. The highest BCUT2D eigenvalue weighted by atomic mass is 79.9. The second-order valence-electron chi connectivity index (χ2n) is 4.31. The van der Waals surface area contributed by atoms with Crippen molar-refractivity contribution in [2.24, 2.45) is 0 Å². The van der Waals surface area contributed by atoms with Crippen molar-refractivity contribution in [1.82, 2.24) is 5.32 Å². The molecule has 0 aliphatic carbocycles. The number of ether oxygens (including phenoxy) is 1. The molecule has 0 amide bonds. The van der Waals surface area contributed by atoms with Crippen LogP contribution < -0.4 is 10.1 Å². The van der Waals surface area contributed by atoms with Crippen LogP contribution in [-0.4, -0.2) is 12.8 Å². The molecule has 20 heavy (non-hydrogen) atoms. The van der Waals surface area contributed by atoms with Gasteiger partial charge in [0.15, 0.2) is 0 Å². The number of nitrogens with one attached hydrogen (secondary N) is 1. The second kappa shape index (κ2) is 7.72. The fraction of sp³-hybridized carbons (Fsp3) is 0.250. The molecular formula is C16H18BrNOS. The maximum Gasteiger partial charge on any atom is 0.131 e. The van der Waals surface area contributed by atoms with Crippen molar-refractivity contribution in [1.29, 1.82) is 0 Å². The van der Waals surface area contributed by atoms with Gasteiger partial charge in [0, 0.05) is 21.5 Å². The van der Waals surface area contributed by atoms with E-state index in [1.165, 1.54) is 4.90 Å². The number of hydrogen-bond acceptors (Lipinski definition) is 3. The molecule has 0 aromatic heterocycles. The molecule has 0 fully saturated rings. The summed E-state index contributed by atoms with van der Waals surface area (Å²) in [4.78, 5) is 1.24. The Morgan fingerprint density at radius 3 is 2.55 bits per heavy atom. The summed E-state index contributed by atoms with van der Waals surface area (Å²) in [6.07, 6.45) is 2.07. The molecule has 0 saturated heterocycles. The second-order valence-corrected chi connectivity index (χ2v) is 6.11. The minimum atomic E-state index is 0.800. The van der Waals surface area contributed by atoms with Crippen LogP contribution in [0, 0.1) is 0 Å². The molecular weight excluding hydrogens is 334 g/mol. The van der Waals surface area contributed by atoms with Crippen molar-refractivity contribution in [3.05, 3.63) is 52.5 Å². The summed E-state index contributed by atoms with van der Waals surface area (Å²) < 4.78 is 7.06. The van der Waals surface area contributed by atoms with Crippen LogP contribution in [0.5, 0.6) is 11.5 Å². The fourth-order valence-electron chi connectivity index (χ4n) is 1.82. The maximum absolute atomic E-state index is 5.99. The Bertz CT molecular complexity index is 557. The Kier molecular flexibility index (Phi) is 5.95. The monoisotopic (exact) mass is 351 g/mol. The SMILES string of the molecule is CCNCc1cc(Br)ccc1Oc1ccc(SC)cc1. The van der Waals surface area contributed by atoms with Crippen LogP contribution in [0.25, 0.3) is 0 Å². The molecule has 0 saturated carbocycles. The smallest absolute Gasteiger partial charge is 0.131 e. The fourth-order valence-corrected chi connectivity index (χ4v) is 2.63. The van der Waals surface area contributed by atoms with Gasteiger partial charge in [0.05, 0.1) is 0 Å². The highest BCUT2D eigenvalue weighted by molar-refractivity contribution is 9.10. The molecule has 106 valence electrons. The van der Waals surface area contributed by atoms with Gasteiger partial charge in [-0.05, 0) is 55.3 Å². The van der Waals surface area contributed by atoms with Gasteiger partial charge in [0.25, 0.3) is 0 Å². The van der Waals surface area contributed by atoms with Gasteiger partial charge in [-0.2, -0.15) is 0 Å². The molecule has 0 heterocycles. The van der Waals surface area contributed by atoms with Gasteiger partial charge >= 0.3 is 0 Å². The van der Waals surface area contributed by atoms with E-state index in [2.05, 4.69) is 52.6 Å². The quantitative estimate of drug-likeness (QED) is 0.733. The molecule has 2 rings (SSSR count). The summed E-state index contributed by atoms with van der Waals surface area (Å²) >= 11 is 5.23. The molecule has 0 aliphatic heterocycles. The van der Waals surface area contributed by atoms with Crippen LogP contribution >= 0.6 is 27.7 Å². The van der Waals surface area contributed by atoms with Gasteiger partial charge in [0.2, 0.25) is 0 Å². The molecule has 2 nitrogen and oxygen atoms in total. The lowest BCUT2D eigenvalue weighted by Crippen LogP contribution is -2.12. The predicted molar refractivity (Wildman–Crippen MR) is 89.8 cm³/mol. The van der Waals surface area contributed by atoms with Crippen molar-refractivity contribution >= 4 is 27.7 Å². The van der Waals surface area contributed by atoms with Gasteiger partial charge < -0.3 is 10.1 Å². The van der Waals surface area contributed by atoms with E-state index in [9.17, 15) is 0 Å². The molecule has 0 bridgehead atoms. The highest BCUT2D eigenvalue weighted by Gasteiger charge is 2.06. The van der Waals surface area contributed by atoms with Gasteiger partial charge in [0.1, 0.15) is 11.5 Å². The van der Waals surface area contributed by atoms with Gasteiger partial charge in [-0.3, -0.25) is 0 Å². The Morgan fingerprint density at radius 1 is 1.15 bits per heavy atom. The lowest BCUT2D eigenvalue weighted by atomic mass is 10.2. The normalized spacial score (nSPS) is 10.6. The Hall–Kier alpha value is -0.970. The third-order valence-corrected chi connectivity index (χ3v) is 4.11. The van der Waals surface area contributed by atoms with Crippen LogP contribution in [-0.2, 0) is 6.54 Å². The standard InChI is InChI=1S/C16H18BrNOS/c1-3-18-11-12-10-13(17)4-9-16(12)19-14-5-7-15(20-2)8-6-14/h4-10,18H,3,11H2,1-2H3. The number of benzene rings is 2. The van der Waals surface area contributed by atoms with Gasteiger partial charge in [-0.15, -0.1) is 11.8 Å². The zero-order chi connectivity index (χ0) is 14.4. The molecule has 0 spiro atoms. The van der Waals surface area contributed by atoms with Gasteiger partial charge in [-0.1, -0.05) is 22.9 Å². The third-order valence-electron chi connectivity index (χ3n) is 2.88. The molecule has 1 N–H and O–H groups in total. The lowest BCUT2D eigenvalue weighted by molar-refractivity contribution is 0.473. The highest BCUT2D eigenvalue weighted by Crippen LogP contribution is 2.29. The third kappa shape index (κ3) is 4.27. The van der Waals surface area contributed by atoms with Crippen LogP contribution in [0.1, 0.15) is 12.5 Å². The summed E-state index contributed by atoms with van der Waals surface area (Å²) in [6.45, 7) is 3.84. The Labute approximate surface area is 133 Å². The van der Waals surface area contributed by atoms with E-state index < -0.39 is 0 Å². The first-order chi connectivity index (χ1) is 9.72. The summed E-state index contributed by atoms with van der Waals surface area (Å²) in [5, 5.41) is 3.33. The Morgan fingerprint density at radius 2 is 1.90 bits per heavy atom. The molecule has 0 radical (unpaired) electrons. The number of halogens is 1.